The van der Waals surface area contributed by atoms with Gasteiger partial charge < -0.3 is 10.8 Å². The van der Waals surface area contributed by atoms with Gasteiger partial charge in [-0.3, -0.25) is 9.78 Å². The van der Waals surface area contributed by atoms with E-state index in [1.54, 1.807) is 0 Å². The summed E-state index contributed by atoms with van der Waals surface area (Å²) in [5, 5.41) is 9.92. The molecule has 0 atom stereocenters. The molecule has 2 heterocycles. The molecule has 23 heavy (non-hydrogen) atoms. The number of pyridine rings is 1. The number of rotatable bonds is 2. The fourth-order valence-corrected chi connectivity index (χ4v) is 2.38. The summed E-state index contributed by atoms with van der Waals surface area (Å²) in [7, 11) is 0. The van der Waals surface area contributed by atoms with Gasteiger partial charge in [0, 0.05) is 23.5 Å². The number of hydrogen-bond donors (Lipinski definition) is 2. The van der Waals surface area contributed by atoms with Crippen molar-refractivity contribution in [1.29, 1.82) is 0 Å². The van der Waals surface area contributed by atoms with Crippen molar-refractivity contribution in [3.63, 3.8) is 0 Å². The number of alkyl halides is 4. The standard InChI is InChI=1S/C14H8F4N2O3/c15-13(16)9-3-7(8-5-20-2-1-6(8)12(19)22)11(21)4-10(9)14(17,18)23-13/h1-5,21H,(H2,19,22). The van der Waals surface area contributed by atoms with Crippen LogP contribution in [0.5, 0.6) is 5.75 Å². The Balaban J connectivity index is 2.28. The minimum Gasteiger partial charge on any atom is -0.507 e. The molecule has 0 fully saturated rings. The van der Waals surface area contributed by atoms with Crippen molar-refractivity contribution in [2.75, 3.05) is 0 Å². The van der Waals surface area contributed by atoms with Gasteiger partial charge in [-0.05, 0) is 18.2 Å². The van der Waals surface area contributed by atoms with Gasteiger partial charge in [0.25, 0.3) is 0 Å². The molecule has 0 spiro atoms. The molecule has 0 aliphatic carbocycles. The van der Waals surface area contributed by atoms with Crippen molar-refractivity contribution in [2.24, 2.45) is 5.73 Å². The summed E-state index contributed by atoms with van der Waals surface area (Å²) in [4.78, 5) is 15.1. The highest BCUT2D eigenvalue weighted by Gasteiger charge is 2.57. The summed E-state index contributed by atoms with van der Waals surface area (Å²) in [6, 6.07) is 2.33. The molecule has 0 saturated heterocycles. The van der Waals surface area contributed by atoms with Crippen molar-refractivity contribution in [3.05, 3.63) is 47.3 Å². The zero-order valence-corrected chi connectivity index (χ0v) is 11.2. The Morgan fingerprint density at radius 3 is 2.35 bits per heavy atom. The molecule has 1 aliphatic heterocycles. The topological polar surface area (TPSA) is 85.4 Å². The molecule has 1 aromatic carbocycles. The van der Waals surface area contributed by atoms with Crippen LogP contribution in [0.25, 0.3) is 11.1 Å². The minimum absolute atomic E-state index is 0.0636. The maximum absolute atomic E-state index is 13.6. The van der Waals surface area contributed by atoms with Crippen LogP contribution >= 0.6 is 0 Å². The van der Waals surface area contributed by atoms with E-state index in [4.69, 9.17) is 5.73 Å². The summed E-state index contributed by atoms with van der Waals surface area (Å²) in [6.07, 6.45) is -6.14. The van der Waals surface area contributed by atoms with Crippen LogP contribution < -0.4 is 5.73 Å². The number of carbonyl (C=O) groups is 1. The van der Waals surface area contributed by atoms with Crippen LogP contribution in [0.15, 0.2) is 30.6 Å². The lowest BCUT2D eigenvalue weighted by atomic mass is 9.96. The Morgan fingerprint density at radius 2 is 1.74 bits per heavy atom. The smallest absolute Gasteiger partial charge is 0.388 e. The number of hydrogen-bond acceptors (Lipinski definition) is 4. The SMILES string of the molecule is NC(=O)c1ccncc1-c1cc2c(cc1O)C(F)(F)OC2(F)F. The molecule has 2 aromatic rings. The summed E-state index contributed by atoms with van der Waals surface area (Å²) in [5.74, 6) is -1.63. The molecule has 1 amide bonds. The molecular weight excluding hydrogens is 320 g/mol. The molecule has 1 aliphatic rings. The quantitative estimate of drug-likeness (QED) is 0.830. The second-order valence-corrected chi connectivity index (χ2v) is 4.84. The minimum atomic E-state index is -4.24. The second kappa shape index (κ2) is 4.66. The average Bonchev–Trinajstić information content (AvgIpc) is 2.63. The first-order valence-electron chi connectivity index (χ1n) is 6.21. The highest BCUT2D eigenvalue weighted by molar-refractivity contribution is 6.00. The molecule has 9 heteroatoms. The van der Waals surface area contributed by atoms with E-state index < -0.39 is 35.0 Å². The molecule has 0 radical (unpaired) electrons. The van der Waals surface area contributed by atoms with Crippen molar-refractivity contribution in [3.8, 4) is 16.9 Å². The number of phenolic OH excluding ortho intramolecular Hbond substituents is 1. The van der Waals surface area contributed by atoms with Crippen LogP contribution in [0.2, 0.25) is 0 Å². The number of ether oxygens (including phenoxy) is 1. The summed E-state index contributed by atoms with van der Waals surface area (Å²) >= 11 is 0. The van der Waals surface area contributed by atoms with Crippen molar-refractivity contribution in [2.45, 2.75) is 12.2 Å². The van der Waals surface area contributed by atoms with Crippen molar-refractivity contribution >= 4 is 5.91 Å². The molecule has 1 aromatic heterocycles. The van der Waals surface area contributed by atoms with Crippen LogP contribution in [-0.4, -0.2) is 16.0 Å². The molecule has 0 bridgehead atoms. The monoisotopic (exact) mass is 328 g/mol. The number of phenols is 1. The molecule has 120 valence electrons. The van der Waals surface area contributed by atoms with Crippen LogP contribution in [0.1, 0.15) is 21.5 Å². The van der Waals surface area contributed by atoms with Crippen molar-refractivity contribution in [1.82, 2.24) is 4.98 Å². The number of benzene rings is 1. The third-order valence-corrected chi connectivity index (χ3v) is 3.40. The number of aromatic hydroxyl groups is 1. The number of carbonyl (C=O) groups excluding carboxylic acids is 1. The predicted molar refractivity (Wildman–Crippen MR) is 68.7 cm³/mol. The van der Waals surface area contributed by atoms with E-state index in [1.807, 2.05) is 0 Å². The van der Waals surface area contributed by atoms with Gasteiger partial charge in [-0.25, -0.2) is 4.74 Å². The van der Waals surface area contributed by atoms with E-state index in [1.165, 1.54) is 12.3 Å². The van der Waals surface area contributed by atoms with Gasteiger partial charge in [-0.1, -0.05) is 0 Å². The Labute approximate surface area is 126 Å². The lowest BCUT2D eigenvalue weighted by Gasteiger charge is -2.12. The summed E-state index contributed by atoms with van der Waals surface area (Å²) < 4.78 is 57.6. The number of halogens is 4. The molecule has 0 saturated carbocycles. The molecule has 3 rings (SSSR count). The van der Waals surface area contributed by atoms with Gasteiger partial charge in [0.1, 0.15) is 5.75 Å². The van der Waals surface area contributed by atoms with E-state index >= 15 is 0 Å². The summed E-state index contributed by atoms with van der Waals surface area (Å²) in [6.45, 7) is 0. The number of amides is 1. The van der Waals surface area contributed by atoms with Gasteiger partial charge >= 0.3 is 12.2 Å². The van der Waals surface area contributed by atoms with Gasteiger partial charge in [0.15, 0.2) is 0 Å². The van der Waals surface area contributed by atoms with Gasteiger partial charge in [0.05, 0.1) is 16.7 Å². The van der Waals surface area contributed by atoms with Crippen LogP contribution in [0, 0.1) is 0 Å². The van der Waals surface area contributed by atoms with Gasteiger partial charge in [0.2, 0.25) is 5.91 Å². The molecule has 0 unspecified atom stereocenters. The van der Waals surface area contributed by atoms with E-state index in [0.717, 1.165) is 6.20 Å². The first kappa shape index (κ1) is 15.2. The average molecular weight is 328 g/mol. The van der Waals surface area contributed by atoms with Crippen LogP contribution in [0.3, 0.4) is 0 Å². The third-order valence-electron chi connectivity index (χ3n) is 3.40. The number of primary amides is 1. The zero-order chi connectivity index (χ0) is 17.0. The lowest BCUT2D eigenvalue weighted by molar-refractivity contribution is -0.369. The van der Waals surface area contributed by atoms with E-state index in [-0.39, 0.29) is 16.7 Å². The van der Waals surface area contributed by atoms with Gasteiger partial charge in [-0.15, -0.1) is 0 Å². The Morgan fingerprint density at radius 1 is 1.13 bits per heavy atom. The lowest BCUT2D eigenvalue weighted by Crippen LogP contribution is -2.17. The molecular formula is C14H8F4N2O3. The number of fused-ring (bicyclic) bond motifs is 1. The number of aromatic nitrogens is 1. The second-order valence-electron chi connectivity index (χ2n) is 4.84. The highest BCUT2D eigenvalue weighted by Crippen LogP contribution is 2.53. The third kappa shape index (κ3) is 2.29. The Bertz CT molecular complexity index is 824. The maximum Gasteiger partial charge on any atom is 0.388 e. The molecule has 3 N–H and O–H groups in total. The normalized spacial score (nSPS) is 17.7. The van der Waals surface area contributed by atoms with Crippen LogP contribution in [-0.2, 0) is 17.0 Å². The maximum atomic E-state index is 13.6. The zero-order valence-electron chi connectivity index (χ0n) is 11.2. The fraction of sp³-hybridized carbons (Fsp3) is 0.143. The highest BCUT2D eigenvalue weighted by atomic mass is 19.3. The van der Waals surface area contributed by atoms with Crippen molar-refractivity contribution < 1.29 is 32.2 Å². The van der Waals surface area contributed by atoms with Gasteiger partial charge in [-0.2, -0.15) is 17.6 Å². The fourth-order valence-electron chi connectivity index (χ4n) is 2.38. The Hall–Kier alpha value is -2.68. The Kier molecular flexibility index (Phi) is 3.08. The number of nitrogens with two attached hydrogens (primary N) is 1. The molecule has 5 nitrogen and oxygen atoms in total. The predicted octanol–water partition coefficient (Wildman–Crippen LogP) is 2.68. The van der Waals surface area contributed by atoms with E-state index in [0.29, 0.717) is 12.1 Å². The van der Waals surface area contributed by atoms with E-state index in [9.17, 15) is 27.5 Å². The number of nitrogens with zero attached hydrogens (tertiary/aromatic N) is 1. The van der Waals surface area contributed by atoms with Crippen LogP contribution in [0.4, 0.5) is 17.6 Å². The first-order valence-corrected chi connectivity index (χ1v) is 6.21. The largest absolute Gasteiger partial charge is 0.507 e. The first-order chi connectivity index (χ1) is 10.6. The van der Waals surface area contributed by atoms with E-state index in [2.05, 4.69) is 9.72 Å². The summed E-state index contributed by atoms with van der Waals surface area (Å²) in [5.41, 5.74) is 2.47.